The number of amides is 2. The number of aryl methyl sites for hydroxylation is 1. The van der Waals surface area contributed by atoms with Gasteiger partial charge in [0.15, 0.2) is 0 Å². The summed E-state index contributed by atoms with van der Waals surface area (Å²) >= 11 is 1.71. The zero-order chi connectivity index (χ0) is 17.4. The molecule has 0 fully saturated rings. The molecule has 0 aliphatic heterocycles. The molecule has 1 rings (SSSR count). The van der Waals surface area contributed by atoms with Gasteiger partial charge in [-0.05, 0) is 36.5 Å². The predicted molar refractivity (Wildman–Crippen MR) is 93.0 cm³/mol. The molecule has 0 aliphatic rings. The van der Waals surface area contributed by atoms with E-state index in [1.165, 1.54) is 0 Å². The van der Waals surface area contributed by atoms with Crippen LogP contribution in [0.4, 0.5) is 0 Å². The van der Waals surface area contributed by atoms with Crippen molar-refractivity contribution in [2.45, 2.75) is 44.6 Å². The van der Waals surface area contributed by atoms with Gasteiger partial charge in [-0.3, -0.25) is 20.4 Å². The van der Waals surface area contributed by atoms with Crippen LogP contribution in [-0.2, 0) is 4.79 Å². The summed E-state index contributed by atoms with van der Waals surface area (Å²) in [4.78, 5) is 23.7. The highest BCUT2D eigenvalue weighted by Crippen LogP contribution is 2.12. The van der Waals surface area contributed by atoms with Gasteiger partial charge in [0.25, 0.3) is 11.8 Å². The van der Waals surface area contributed by atoms with Gasteiger partial charge in [0.2, 0.25) is 0 Å². The van der Waals surface area contributed by atoms with E-state index in [0.717, 1.165) is 11.3 Å². The van der Waals surface area contributed by atoms with Gasteiger partial charge in [0, 0.05) is 11.6 Å². The van der Waals surface area contributed by atoms with Crippen molar-refractivity contribution in [3.05, 3.63) is 35.4 Å². The SMILES string of the molecule is Cc1cccc(C(=O)NNC(=O)C(O)[C@H](N)CCSC(C)C)c1. The number of rotatable bonds is 7. The van der Waals surface area contributed by atoms with Crippen LogP contribution in [0.3, 0.4) is 0 Å². The second-order valence-corrected chi connectivity index (χ2v) is 7.31. The molecule has 0 spiro atoms. The van der Waals surface area contributed by atoms with Gasteiger partial charge < -0.3 is 10.8 Å². The Morgan fingerprint density at radius 1 is 1.30 bits per heavy atom. The maximum Gasteiger partial charge on any atom is 0.269 e. The maximum absolute atomic E-state index is 11.9. The van der Waals surface area contributed by atoms with Gasteiger partial charge in [0.05, 0.1) is 0 Å². The number of hydrogen-bond donors (Lipinski definition) is 4. The highest BCUT2D eigenvalue weighted by atomic mass is 32.2. The first kappa shape index (κ1) is 19.5. The second-order valence-electron chi connectivity index (χ2n) is 5.63. The van der Waals surface area contributed by atoms with Crippen molar-refractivity contribution in [2.75, 3.05) is 5.75 Å². The van der Waals surface area contributed by atoms with Crippen molar-refractivity contribution < 1.29 is 14.7 Å². The number of aliphatic hydroxyl groups is 1. The van der Waals surface area contributed by atoms with Crippen LogP contribution in [0.2, 0.25) is 0 Å². The number of benzene rings is 1. The van der Waals surface area contributed by atoms with Crippen LogP contribution in [0.5, 0.6) is 0 Å². The topological polar surface area (TPSA) is 104 Å². The van der Waals surface area contributed by atoms with Crippen LogP contribution < -0.4 is 16.6 Å². The molecule has 5 N–H and O–H groups in total. The summed E-state index contributed by atoms with van der Waals surface area (Å²) in [5.41, 5.74) is 11.7. The Balaban J connectivity index is 2.41. The molecule has 2 amide bonds. The molecule has 1 aromatic rings. The Kier molecular flexibility index (Phi) is 8.08. The number of thioether (sulfide) groups is 1. The monoisotopic (exact) mass is 339 g/mol. The molecule has 0 radical (unpaired) electrons. The first-order chi connectivity index (χ1) is 10.8. The molecule has 0 saturated carbocycles. The molecule has 23 heavy (non-hydrogen) atoms. The molecule has 1 unspecified atom stereocenters. The van der Waals surface area contributed by atoms with Crippen LogP contribution >= 0.6 is 11.8 Å². The molecule has 0 heterocycles. The van der Waals surface area contributed by atoms with Gasteiger partial charge in [-0.25, -0.2) is 0 Å². The summed E-state index contributed by atoms with van der Waals surface area (Å²) in [5, 5.41) is 10.4. The zero-order valence-electron chi connectivity index (χ0n) is 13.7. The fraction of sp³-hybridized carbons (Fsp3) is 0.500. The third-order valence-corrected chi connectivity index (χ3v) is 4.29. The Bertz CT molecular complexity index is 537. The second kappa shape index (κ2) is 9.54. The Morgan fingerprint density at radius 3 is 2.61 bits per heavy atom. The molecule has 6 nitrogen and oxygen atoms in total. The molecule has 0 aromatic heterocycles. The molecular weight excluding hydrogens is 314 g/mol. The average molecular weight is 339 g/mol. The van der Waals surface area contributed by atoms with E-state index in [9.17, 15) is 14.7 Å². The van der Waals surface area contributed by atoms with Crippen molar-refractivity contribution in [3.8, 4) is 0 Å². The van der Waals surface area contributed by atoms with Crippen LogP contribution in [0.1, 0.15) is 36.2 Å². The summed E-state index contributed by atoms with van der Waals surface area (Å²) in [6, 6.07) is 6.29. The highest BCUT2D eigenvalue weighted by molar-refractivity contribution is 7.99. The molecule has 1 aromatic carbocycles. The summed E-state index contributed by atoms with van der Waals surface area (Å²) in [6.07, 6.45) is -0.843. The standard InChI is InChI=1S/C16H25N3O3S/c1-10(2)23-8-7-13(17)14(20)16(22)19-18-15(21)12-6-4-5-11(3)9-12/h4-6,9-10,13-14,20H,7-8,17H2,1-3H3,(H,18,21)(H,19,22)/t13-,14?/m1/s1. The number of nitrogens with one attached hydrogen (secondary N) is 2. The number of hydrazine groups is 1. The van der Waals surface area contributed by atoms with E-state index in [0.29, 0.717) is 17.2 Å². The summed E-state index contributed by atoms with van der Waals surface area (Å²) < 4.78 is 0. The summed E-state index contributed by atoms with van der Waals surface area (Å²) in [6.45, 7) is 6.01. The van der Waals surface area contributed by atoms with E-state index in [1.807, 2.05) is 13.0 Å². The van der Waals surface area contributed by atoms with E-state index < -0.39 is 24.0 Å². The van der Waals surface area contributed by atoms with Crippen molar-refractivity contribution in [1.82, 2.24) is 10.9 Å². The Morgan fingerprint density at radius 2 is 2.00 bits per heavy atom. The lowest BCUT2D eigenvalue weighted by Gasteiger charge is -2.18. The zero-order valence-corrected chi connectivity index (χ0v) is 14.5. The molecular formula is C16H25N3O3S. The minimum Gasteiger partial charge on any atom is -0.382 e. The average Bonchev–Trinajstić information content (AvgIpc) is 2.50. The lowest BCUT2D eigenvalue weighted by Crippen LogP contribution is -2.52. The number of carbonyl (C=O) groups is 2. The fourth-order valence-electron chi connectivity index (χ4n) is 1.84. The largest absolute Gasteiger partial charge is 0.382 e. The first-order valence-corrected chi connectivity index (χ1v) is 8.58. The predicted octanol–water partition coefficient (Wildman–Crippen LogP) is 0.976. The molecule has 128 valence electrons. The van der Waals surface area contributed by atoms with Gasteiger partial charge in [-0.2, -0.15) is 11.8 Å². The number of hydrogen-bond acceptors (Lipinski definition) is 5. The summed E-state index contributed by atoms with van der Waals surface area (Å²) in [7, 11) is 0. The third-order valence-electron chi connectivity index (χ3n) is 3.16. The van der Waals surface area contributed by atoms with Gasteiger partial charge in [-0.15, -0.1) is 0 Å². The quantitative estimate of drug-likeness (QED) is 0.554. The number of carbonyl (C=O) groups excluding carboxylic acids is 2. The maximum atomic E-state index is 11.9. The molecule has 0 bridgehead atoms. The van der Waals surface area contributed by atoms with Crippen LogP contribution in [0.25, 0.3) is 0 Å². The van der Waals surface area contributed by atoms with Crippen molar-refractivity contribution in [1.29, 1.82) is 0 Å². The van der Waals surface area contributed by atoms with E-state index in [4.69, 9.17) is 5.73 Å². The highest BCUT2D eigenvalue weighted by Gasteiger charge is 2.23. The van der Waals surface area contributed by atoms with Crippen molar-refractivity contribution in [3.63, 3.8) is 0 Å². The number of aliphatic hydroxyl groups excluding tert-OH is 1. The van der Waals surface area contributed by atoms with Gasteiger partial charge in [0.1, 0.15) is 6.10 Å². The fourth-order valence-corrected chi connectivity index (χ4v) is 2.72. The Hall–Kier alpha value is -1.57. The normalized spacial score (nSPS) is 13.5. The van der Waals surface area contributed by atoms with E-state index >= 15 is 0 Å². The van der Waals surface area contributed by atoms with Crippen molar-refractivity contribution in [2.24, 2.45) is 5.73 Å². The van der Waals surface area contributed by atoms with E-state index in [2.05, 4.69) is 24.7 Å². The van der Waals surface area contributed by atoms with E-state index in [-0.39, 0.29) is 0 Å². The lowest BCUT2D eigenvalue weighted by atomic mass is 10.1. The van der Waals surface area contributed by atoms with Crippen LogP contribution in [0.15, 0.2) is 24.3 Å². The minimum absolute atomic E-state index is 0.428. The minimum atomic E-state index is -1.36. The van der Waals surface area contributed by atoms with Crippen molar-refractivity contribution >= 4 is 23.6 Å². The Labute approximate surface area is 141 Å². The van der Waals surface area contributed by atoms with Gasteiger partial charge >= 0.3 is 0 Å². The lowest BCUT2D eigenvalue weighted by molar-refractivity contribution is -0.131. The molecule has 0 saturated heterocycles. The first-order valence-electron chi connectivity index (χ1n) is 7.53. The van der Waals surface area contributed by atoms with Gasteiger partial charge in [-0.1, -0.05) is 31.5 Å². The third kappa shape index (κ3) is 7.02. The number of nitrogens with two attached hydrogens (primary N) is 1. The molecule has 2 atom stereocenters. The summed E-state index contributed by atoms with van der Waals surface area (Å²) in [5.74, 6) is -0.398. The molecule has 0 aliphatic carbocycles. The van der Waals surface area contributed by atoms with Crippen LogP contribution in [0, 0.1) is 6.92 Å². The van der Waals surface area contributed by atoms with E-state index in [1.54, 1.807) is 30.0 Å². The van der Waals surface area contributed by atoms with Crippen LogP contribution in [-0.4, -0.2) is 40.1 Å². The smallest absolute Gasteiger partial charge is 0.269 e. The molecule has 7 heteroatoms.